The fraction of sp³-hybridized carbons (Fsp3) is 0.250. The molecule has 37 heavy (non-hydrogen) atoms. The first-order chi connectivity index (χ1) is 17.9. The molecule has 3 aromatic carbocycles. The normalized spacial score (nSPS) is 11.4. The van der Waals surface area contributed by atoms with E-state index in [1.54, 1.807) is 10.6 Å². The maximum atomic E-state index is 13.4. The highest BCUT2D eigenvalue weighted by molar-refractivity contribution is 7.99. The van der Waals surface area contributed by atoms with E-state index in [2.05, 4.69) is 15.5 Å². The molecule has 192 valence electrons. The lowest BCUT2D eigenvalue weighted by molar-refractivity contribution is -0.137. The van der Waals surface area contributed by atoms with Gasteiger partial charge in [-0.3, -0.25) is 9.36 Å². The molecule has 0 fully saturated rings. The summed E-state index contributed by atoms with van der Waals surface area (Å²) in [5.74, 6) is 1.22. The minimum absolute atomic E-state index is 0.00821. The number of benzene rings is 3. The van der Waals surface area contributed by atoms with Crippen LogP contribution >= 0.6 is 11.8 Å². The third-order valence-electron chi connectivity index (χ3n) is 5.70. The number of rotatable bonds is 11. The lowest BCUT2D eigenvalue weighted by Gasteiger charge is -2.13. The molecule has 4 rings (SSSR count). The van der Waals surface area contributed by atoms with Crippen molar-refractivity contribution in [1.29, 1.82) is 0 Å². The molecule has 1 N–H and O–H groups in total. The van der Waals surface area contributed by atoms with Crippen molar-refractivity contribution in [3.05, 3.63) is 107 Å². The molecule has 0 atom stereocenters. The van der Waals surface area contributed by atoms with Crippen molar-refractivity contribution < 1.29 is 18.0 Å². The van der Waals surface area contributed by atoms with Crippen LogP contribution in [0.25, 0.3) is 5.69 Å². The Hall–Kier alpha value is -3.59. The van der Waals surface area contributed by atoms with E-state index in [1.807, 2.05) is 60.7 Å². The van der Waals surface area contributed by atoms with Gasteiger partial charge in [0, 0.05) is 25.1 Å². The Morgan fingerprint density at radius 2 is 1.57 bits per heavy atom. The minimum atomic E-state index is -4.45. The van der Waals surface area contributed by atoms with Crippen molar-refractivity contribution in [3.8, 4) is 5.69 Å². The van der Waals surface area contributed by atoms with Crippen molar-refractivity contribution in [3.63, 3.8) is 0 Å². The van der Waals surface area contributed by atoms with Crippen LogP contribution in [0.4, 0.5) is 13.2 Å². The van der Waals surface area contributed by atoms with Crippen LogP contribution in [-0.4, -0.2) is 26.4 Å². The summed E-state index contributed by atoms with van der Waals surface area (Å²) in [4.78, 5) is 12.1. The largest absolute Gasteiger partial charge is 0.416 e. The average Bonchev–Trinajstić information content (AvgIpc) is 3.30. The van der Waals surface area contributed by atoms with E-state index in [9.17, 15) is 18.0 Å². The Balaban J connectivity index is 1.39. The Morgan fingerprint density at radius 3 is 2.27 bits per heavy atom. The molecule has 4 aromatic rings. The fourth-order valence-electron chi connectivity index (χ4n) is 3.80. The van der Waals surface area contributed by atoms with Gasteiger partial charge in [-0.25, -0.2) is 0 Å². The van der Waals surface area contributed by atoms with Crippen molar-refractivity contribution in [2.75, 3.05) is 5.75 Å². The van der Waals surface area contributed by atoms with Gasteiger partial charge in [0.25, 0.3) is 0 Å². The number of aromatic nitrogens is 3. The molecule has 1 aromatic heterocycles. The number of nitrogens with zero attached hydrogens (tertiary/aromatic N) is 3. The summed E-state index contributed by atoms with van der Waals surface area (Å²) in [6.07, 6.45) is -2.15. The summed E-state index contributed by atoms with van der Waals surface area (Å²) in [6, 6.07) is 24.5. The molecule has 5 nitrogen and oxygen atoms in total. The molecule has 0 bridgehead atoms. The van der Waals surface area contributed by atoms with Gasteiger partial charge in [-0.2, -0.15) is 13.2 Å². The molecule has 0 saturated carbocycles. The van der Waals surface area contributed by atoms with Gasteiger partial charge in [0.2, 0.25) is 5.91 Å². The average molecular weight is 525 g/mol. The molecule has 9 heteroatoms. The van der Waals surface area contributed by atoms with Gasteiger partial charge in [-0.1, -0.05) is 78.5 Å². The van der Waals surface area contributed by atoms with Crippen molar-refractivity contribution in [2.24, 2.45) is 0 Å². The van der Waals surface area contributed by atoms with Crippen LogP contribution in [0.1, 0.15) is 41.8 Å². The molecular formula is C28H27F3N4OS. The van der Waals surface area contributed by atoms with Gasteiger partial charge in [0.1, 0.15) is 5.82 Å². The smallest absolute Gasteiger partial charge is 0.352 e. The Bertz CT molecular complexity index is 1290. The molecule has 0 aliphatic rings. The highest BCUT2D eigenvalue weighted by atomic mass is 32.2. The van der Waals surface area contributed by atoms with Crippen molar-refractivity contribution in [1.82, 2.24) is 20.1 Å². The third kappa shape index (κ3) is 7.69. The predicted octanol–water partition coefficient (Wildman–Crippen LogP) is 6.46. The SMILES string of the molecule is O=C(CCCCSc1nnc(Cc2ccccc2)n1-c1cccc(C(F)(F)F)c1)NCc1ccccc1. The number of amides is 1. The Labute approximate surface area is 218 Å². The monoisotopic (exact) mass is 524 g/mol. The topological polar surface area (TPSA) is 59.8 Å². The first kappa shape index (κ1) is 26.5. The highest BCUT2D eigenvalue weighted by Crippen LogP contribution is 2.32. The minimum Gasteiger partial charge on any atom is -0.352 e. The van der Waals surface area contributed by atoms with E-state index in [0.717, 1.165) is 29.7 Å². The number of alkyl halides is 3. The van der Waals surface area contributed by atoms with Crippen LogP contribution in [0, 0.1) is 0 Å². The van der Waals surface area contributed by atoms with Gasteiger partial charge in [0.15, 0.2) is 5.16 Å². The van der Waals surface area contributed by atoms with Crippen molar-refractivity contribution >= 4 is 17.7 Å². The highest BCUT2D eigenvalue weighted by Gasteiger charge is 2.31. The second kappa shape index (κ2) is 12.6. The number of halogens is 3. The van der Waals surface area contributed by atoms with Crippen LogP contribution in [0.3, 0.4) is 0 Å². The number of nitrogens with one attached hydrogen (secondary N) is 1. The summed E-state index contributed by atoms with van der Waals surface area (Å²) in [5.41, 5.74) is 1.68. The van der Waals surface area contributed by atoms with Gasteiger partial charge >= 0.3 is 6.18 Å². The zero-order valence-electron chi connectivity index (χ0n) is 20.1. The Kier molecular flexibility index (Phi) is 9.00. The van der Waals surface area contributed by atoms with E-state index in [1.165, 1.54) is 17.8 Å². The molecule has 0 spiro atoms. The number of hydrogen-bond acceptors (Lipinski definition) is 4. The van der Waals surface area contributed by atoms with E-state index in [0.29, 0.717) is 48.2 Å². The number of carbonyl (C=O) groups is 1. The zero-order valence-corrected chi connectivity index (χ0v) is 20.9. The maximum absolute atomic E-state index is 13.4. The standard InChI is InChI=1S/C28H27F3N4OS/c29-28(30,31)23-14-9-15-24(19-23)35-25(18-21-10-3-1-4-11-21)33-34-27(35)37-17-8-7-16-26(36)32-20-22-12-5-2-6-13-22/h1-6,9-15,19H,7-8,16-18,20H2,(H,32,36). The third-order valence-corrected chi connectivity index (χ3v) is 6.71. The maximum Gasteiger partial charge on any atom is 0.416 e. The molecule has 0 aliphatic heterocycles. The van der Waals surface area contributed by atoms with Crippen LogP contribution in [0.5, 0.6) is 0 Å². The van der Waals surface area contributed by atoms with Gasteiger partial charge < -0.3 is 5.32 Å². The lowest BCUT2D eigenvalue weighted by Crippen LogP contribution is -2.22. The van der Waals surface area contributed by atoms with Crippen molar-refractivity contribution in [2.45, 2.75) is 43.6 Å². The Morgan fingerprint density at radius 1 is 0.865 bits per heavy atom. The molecule has 1 heterocycles. The van der Waals surface area contributed by atoms with E-state index < -0.39 is 11.7 Å². The van der Waals surface area contributed by atoms with Crippen LogP contribution in [-0.2, 0) is 23.9 Å². The molecule has 0 aliphatic carbocycles. The van der Waals surface area contributed by atoms with E-state index in [4.69, 9.17) is 0 Å². The predicted molar refractivity (Wildman–Crippen MR) is 138 cm³/mol. The molecule has 0 radical (unpaired) electrons. The fourth-order valence-corrected chi connectivity index (χ4v) is 4.77. The second-order valence-electron chi connectivity index (χ2n) is 8.51. The van der Waals surface area contributed by atoms with Crippen LogP contribution in [0.15, 0.2) is 90.1 Å². The molecule has 0 saturated heterocycles. The van der Waals surface area contributed by atoms with E-state index in [-0.39, 0.29) is 5.91 Å². The zero-order chi connectivity index (χ0) is 26.1. The number of thioether (sulfide) groups is 1. The van der Waals surface area contributed by atoms with Crippen LogP contribution < -0.4 is 5.32 Å². The first-order valence-electron chi connectivity index (χ1n) is 12.0. The number of hydrogen-bond donors (Lipinski definition) is 1. The quantitative estimate of drug-likeness (QED) is 0.181. The summed E-state index contributed by atoms with van der Waals surface area (Å²) in [7, 11) is 0. The molecule has 1 amide bonds. The summed E-state index contributed by atoms with van der Waals surface area (Å²) >= 11 is 1.42. The first-order valence-corrected chi connectivity index (χ1v) is 13.0. The van der Waals surface area contributed by atoms with Gasteiger partial charge in [-0.05, 0) is 42.2 Å². The number of carbonyl (C=O) groups excluding carboxylic acids is 1. The summed E-state index contributed by atoms with van der Waals surface area (Å²) < 4.78 is 41.8. The lowest BCUT2D eigenvalue weighted by atomic mass is 10.1. The van der Waals surface area contributed by atoms with Crippen LogP contribution in [0.2, 0.25) is 0 Å². The molecule has 0 unspecified atom stereocenters. The summed E-state index contributed by atoms with van der Waals surface area (Å²) in [5, 5.41) is 12.0. The van der Waals surface area contributed by atoms with E-state index >= 15 is 0 Å². The van der Waals surface area contributed by atoms with Gasteiger partial charge in [-0.15, -0.1) is 10.2 Å². The summed E-state index contributed by atoms with van der Waals surface area (Å²) in [6.45, 7) is 0.499. The van der Waals surface area contributed by atoms with Gasteiger partial charge in [0.05, 0.1) is 11.3 Å². The number of unbranched alkanes of at least 4 members (excludes halogenated alkanes) is 1. The molecular weight excluding hydrogens is 497 g/mol. The second-order valence-corrected chi connectivity index (χ2v) is 9.57.